The maximum Gasteiger partial charge on any atom is 0.250 e. The van der Waals surface area contributed by atoms with E-state index in [1.54, 1.807) is 19.2 Å². The maximum absolute atomic E-state index is 10.9. The number of amides is 1. The number of carbonyl (C=O) groups is 1. The summed E-state index contributed by atoms with van der Waals surface area (Å²) >= 11 is 0. The van der Waals surface area contributed by atoms with Gasteiger partial charge in [0.2, 0.25) is 5.91 Å². The second-order valence-electron chi connectivity index (χ2n) is 3.88. The highest BCUT2D eigenvalue weighted by molar-refractivity contribution is 5.92. The summed E-state index contributed by atoms with van der Waals surface area (Å²) in [6.45, 7) is 2.75. The van der Waals surface area contributed by atoms with E-state index in [2.05, 4.69) is 17.2 Å². The van der Waals surface area contributed by atoms with Gasteiger partial charge in [0, 0.05) is 13.3 Å². The molecule has 1 unspecified atom stereocenters. The van der Waals surface area contributed by atoms with E-state index in [1.165, 1.54) is 6.20 Å². The number of anilines is 1. The molecule has 0 fully saturated rings. The van der Waals surface area contributed by atoms with Crippen molar-refractivity contribution in [3.8, 4) is 0 Å². The Morgan fingerprint density at radius 2 is 2.35 bits per heavy atom. The molecule has 0 bridgehead atoms. The van der Waals surface area contributed by atoms with Gasteiger partial charge in [0.05, 0.1) is 18.2 Å². The molecule has 5 heteroatoms. The van der Waals surface area contributed by atoms with Gasteiger partial charge >= 0.3 is 0 Å². The van der Waals surface area contributed by atoms with Crippen molar-refractivity contribution in [2.75, 3.05) is 19.0 Å². The van der Waals surface area contributed by atoms with Gasteiger partial charge in [-0.15, -0.1) is 0 Å². The molecule has 1 heterocycles. The number of hydrogen-bond donors (Lipinski definition) is 2. The van der Waals surface area contributed by atoms with Gasteiger partial charge in [-0.2, -0.15) is 0 Å². The van der Waals surface area contributed by atoms with Crippen molar-refractivity contribution in [1.29, 1.82) is 0 Å². The molecule has 0 aliphatic rings. The van der Waals surface area contributed by atoms with Crippen molar-refractivity contribution in [2.45, 2.75) is 25.8 Å². The number of rotatable bonds is 7. The second-order valence-corrected chi connectivity index (χ2v) is 3.88. The van der Waals surface area contributed by atoms with Gasteiger partial charge in [0.25, 0.3) is 0 Å². The highest BCUT2D eigenvalue weighted by atomic mass is 16.5. The van der Waals surface area contributed by atoms with Crippen LogP contribution in [0.1, 0.15) is 30.1 Å². The highest BCUT2D eigenvalue weighted by Crippen LogP contribution is 2.09. The van der Waals surface area contributed by atoms with Crippen LogP contribution in [0, 0.1) is 0 Å². The van der Waals surface area contributed by atoms with Crippen LogP contribution in [0.4, 0.5) is 5.82 Å². The maximum atomic E-state index is 10.9. The predicted molar refractivity (Wildman–Crippen MR) is 66.9 cm³/mol. The topological polar surface area (TPSA) is 77.2 Å². The molecule has 94 valence electrons. The highest BCUT2D eigenvalue weighted by Gasteiger charge is 2.08. The quantitative estimate of drug-likeness (QED) is 0.751. The molecule has 5 nitrogen and oxygen atoms in total. The Labute approximate surface area is 101 Å². The molecule has 1 rings (SSSR count). The zero-order valence-electron chi connectivity index (χ0n) is 10.3. The Balaban J connectivity index is 2.62. The summed E-state index contributed by atoms with van der Waals surface area (Å²) in [5, 5.41) is 3.26. The van der Waals surface area contributed by atoms with E-state index >= 15 is 0 Å². The molecule has 0 spiro atoms. The fourth-order valence-electron chi connectivity index (χ4n) is 1.58. The van der Waals surface area contributed by atoms with E-state index < -0.39 is 5.91 Å². The van der Waals surface area contributed by atoms with Crippen molar-refractivity contribution in [2.24, 2.45) is 5.73 Å². The first-order valence-corrected chi connectivity index (χ1v) is 5.68. The number of aromatic nitrogens is 1. The van der Waals surface area contributed by atoms with E-state index in [9.17, 15) is 4.79 Å². The van der Waals surface area contributed by atoms with Crippen LogP contribution in [0.2, 0.25) is 0 Å². The third-order valence-electron chi connectivity index (χ3n) is 2.40. The Hall–Kier alpha value is -1.62. The molecule has 0 saturated heterocycles. The second kappa shape index (κ2) is 6.85. The smallest absolute Gasteiger partial charge is 0.250 e. The van der Waals surface area contributed by atoms with Gasteiger partial charge in [-0.3, -0.25) is 4.79 Å². The van der Waals surface area contributed by atoms with Crippen LogP contribution in [0.3, 0.4) is 0 Å². The van der Waals surface area contributed by atoms with Crippen LogP contribution >= 0.6 is 0 Å². The molecule has 0 aliphatic heterocycles. The van der Waals surface area contributed by atoms with Gasteiger partial charge < -0.3 is 15.8 Å². The fourth-order valence-corrected chi connectivity index (χ4v) is 1.58. The van der Waals surface area contributed by atoms with Crippen LogP contribution < -0.4 is 11.1 Å². The molecule has 0 aliphatic carbocycles. The average Bonchev–Trinajstić information content (AvgIpc) is 2.30. The molecule has 1 amide bonds. The molecular weight excluding hydrogens is 218 g/mol. The molecule has 0 radical (unpaired) electrons. The fraction of sp³-hybridized carbons (Fsp3) is 0.500. The number of pyridine rings is 1. The molecule has 1 atom stereocenters. The van der Waals surface area contributed by atoms with Crippen molar-refractivity contribution in [3.05, 3.63) is 23.9 Å². The van der Waals surface area contributed by atoms with E-state index in [0.717, 1.165) is 18.7 Å². The number of nitrogens with zero attached hydrogens (tertiary/aromatic N) is 1. The van der Waals surface area contributed by atoms with Gasteiger partial charge in [0.1, 0.15) is 5.82 Å². The zero-order chi connectivity index (χ0) is 12.7. The third kappa shape index (κ3) is 4.40. The lowest BCUT2D eigenvalue weighted by Crippen LogP contribution is -2.25. The summed E-state index contributed by atoms with van der Waals surface area (Å²) in [4.78, 5) is 15.0. The predicted octanol–water partition coefficient (Wildman–Crippen LogP) is 1.41. The van der Waals surface area contributed by atoms with Gasteiger partial charge in [-0.25, -0.2) is 4.98 Å². The van der Waals surface area contributed by atoms with Crippen LogP contribution in [-0.2, 0) is 4.74 Å². The van der Waals surface area contributed by atoms with E-state index in [-0.39, 0.29) is 6.04 Å². The summed E-state index contributed by atoms with van der Waals surface area (Å²) in [7, 11) is 1.67. The van der Waals surface area contributed by atoms with E-state index in [1.807, 2.05) is 0 Å². The molecule has 3 N–H and O–H groups in total. The van der Waals surface area contributed by atoms with Gasteiger partial charge in [-0.1, -0.05) is 13.3 Å². The number of nitrogens with one attached hydrogen (secondary N) is 1. The number of ether oxygens (including phenoxy) is 1. The molecular formula is C12H19N3O2. The summed E-state index contributed by atoms with van der Waals surface area (Å²) in [6, 6.07) is 3.64. The molecule has 1 aromatic rings. The first-order chi connectivity index (χ1) is 8.17. The first kappa shape index (κ1) is 13.4. The van der Waals surface area contributed by atoms with E-state index in [0.29, 0.717) is 12.2 Å². The van der Waals surface area contributed by atoms with Crippen LogP contribution in [0.5, 0.6) is 0 Å². The van der Waals surface area contributed by atoms with E-state index in [4.69, 9.17) is 10.5 Å². The lowest BCUT2D eigenvalue weighted by molar-refractivity contribution is 0.1000. The normalized spacial score (nSPS) is 12.1. The summed E-state index contributed by atoms with van der Waals surface area (Å²) < 4.78 is 5.13. The van der Waals surface area contributed by atoms with Crippen LogP contribution in [-0.4, -0.2) is 30.6 Å². The van der Waals surface area contributed by atoms with Crippen molar-refractivity contribution in [1.82, 2.24) is 4.98 Å². The van der Waals surface area contributed by atoms with Crippen molar-refractivity contribution in [3.63, 3.8) is 0 Å². The van der Waals surface area contributed by atoms with Crippen molar-refractivity contribution < 1.29 is 9.53 Å². The van der Waals surface area contributed by atoms with Crippen molar-refractivity contribution >= 4 is 11.7 Å². The SMILES string of the molecule is CCCC(COC)Nc1ccc(C(N)=O)cn1. The average molecular weight is 237 g/mol. The number of methoxy groups -OCH3 is 1. The summed E-state index contributed by atoms with van der Waals surface area (Å²) in [5.74, 6) is 0.261. The molecule has 17 heavy (non-hydrogen) atoms. The first-order valence-electron chi connectivity index (χ1n) is 5.68. The molecule has 0 aromatic carbocycles. The minimum atomic E-state index is -0.467. The monoisotopic (exact) mass is 237 g/mol. The Kier molecular flexibility index (Phi) is 5.42. The summed E-state index contributed by atoms with van der Waals surface area (Å²) in [6.07, 6.45) is 3.55. The van der Waals surface area contributed by atoms with Gasteiger partial charge in [-0.05, 0) is 18.6 Å². The minimum absolute atomic E-state index is 0.233. The standard InChI is InChI=1S/C12H19N3O2/c1-3-4-10(8-17-2)15-11-6-5-9(7-14-11)12(13)16/h5-7,10H,3-4,8H2,1-2H3,(H2,13,16)(H,14,15). The molecule has 0 saturated carbocycles. The minimum Gasteiger partial charge on any atom is -0.383 e. The lowest BCUT2D eigenvalue weighted by Gasteiger charge is -2.17. The molecule has 1 aromatic heterocycles. The Morgan fingerprint density at radius 1 is 1.59 bits per heavy atom. The Morgan fingerprint density at radius 3 is 2.82 bits per heavy atom. The van der Waals surface area contributed by atoms with Crippen LogP contribution in [0.25, 0.3) is 0 Å². The number of nitrogens with two attached hydrogens (primary N) is 1. The largest absolute Gasteiger partial charge is 0.383 e. The number of primary amides is 1. The summed E-state index contributed by atoms with van der Waals surface area (Å²) in [5.41, 5.74) is 5.55. The lowest BCUT2D eigenvalue weighted by atomic mass is 10.2. The van der Waals surface area contributed by atoms with Gasteiger partial charge in [0.15, 0.2) is 0 Å². The Bertz CT molecular complexity index is 345. The number of hydrogen-bond acceptors (Lipinski definition) is 4. The number of carbonyl (C=O) groups excluding carboxylic acids is 1. The van der Waals surface area contributed by atoms with Crippen LogP contribution in [0.15, 0.2) is 18.3 Å². The zero-order valence-corrected chi connectivity index (χ0v) is 10.3. The third-order valence-corrected chi connectivity index (χ3v) is 2.40.